The minimum absolute atomic E-state index is 0.0867. The fraction of sp³-hybridized carbons (Fsp3) is 0.400. The predicted octanol–water partition coefficient (Wildman–Crippen LogP) is 1.93. The van der Waals surface area contributed by atoms with Crippen LogP contribution in [-0.4, -0.2) is 39.3 Å². The summed E-state index contributed by atoms with van der Waals surface area (Å²) in [6, 6.07) is 8.18. The average molecular weight is 443 g/mol. The molecule has 0 spiro atoms. The van der Waals surface area contributed by atoms with Gasteiger partial charge in [-0.25, -0.2) is 9.48 Å². The van der Waals surface area contributed by atoms with E-state index in [1.165, 1.54) is 14.7 Å². The van der Waals surface area contributed by atoms with Crippen molar-refractivity contribution in [3.63, 3.8) is 0 Å². The first-order valence-electron chi connectivity index (χ1n) is 10.2. The molecule has 0 saturated heterocycles. The Hall–Kier alpha value is -3.27. The fourth-order valence-corrected chi connectivity index (χ4v) is 3.84. The van der Waals surface area contributed by atoms with Gasteiger partial charge < -0.3 is 4.98 Å². The third kappa shape index (κ3) is 4.29. The van der Waals surface area contributed by atoms with E-state index in [-0.39, 0.29) is 23.0 Å². The van der Waals surface area contributed by atoms with Crippen LogP contribution in [0.3, 0.4) is 0 Å². The monoisotopic (exact) mass is 442 g/mol. The molecule has 31 heavy (non-hydrogen) atoms. The molecule has 4 aromatic rings. The maximum Gasteiger partial charge on any atom is 0.332 e. The van der Waals surface area contributed by atoms with Crippen LogP contribution in [0.1, 0.15) is 36.7 Å². The van der Waals surface area contributed by atoms with Gasteiger partial charge in [-0.05, 0) is 47.4 Å². The van der Waals surface area contributed by atoms with Gasteiger partial charge in [0.25, 0.3) is 5.56 Å². The highest BCUT2D eigenvalue weighted by Gasteiger charge is 2.16. The summed E-state index contributed by atoms with van der Waals surface area (Å²) < 4.78 is 4.42. The zero-order chi connectivity index (χ0) is 22.0. The molecular weight excluding hydrogens is 420 g/mol. The molecule has 1 N–H and O–H groups in total. The molecule has 0 saturated carbocycles. The molecule has 4 rings (SSSR count). The van der Waals surface area contributed by atoms with E-state index in [0.717, 1.165) is 17.8 Å². The van der Waals surface area contributed by atoms with E-state index in [0.29, 0.717) is 31.6 Å². The van der Waals surface area contributed by atoms with Crippen molar-refractivity contribution in [3.8, 4) is 0 Å². The molecule has 0 unspecified atom stereocenters. The highest BCUT2D eigenvalue weighted by atomic mass is 35.5. The maximum absolute atomic E-state index is 12.9. The third-order valence-electron chi connectivity index (χ3n) is 5.08. The SMILES string of the molecule is CCCn1c(=O)n(CCCn2nnnc2Cc2cccc(C)c2)c(=O)c2[nH]c(Cl)nc21. The molecule has 11 heteroatoms. The van der Waals surface area contributed by atoms with E-state index >= 15 is 0 Å². The summed E-state index contributed by atoms with van der Waals surface area (Å²) >= 11 is 5.94. The Bertz CT molecular complexity index is 1330. The lowest BCUT2D eigenvalue weighted by atomic mass is 10.1. The van der Waals surface area contributed by atoms with Crippen molar-refractivity contribution in [3.05, 3.63) is 67.3 Å². The minimum atomic E-state index is -0.427. The lowest BCUT2D eigenvalue weighted by Gasteiger charge is -2.11. The Balaban J connectivity index is 1.54. The van der Waals surface area contributed by atoms with Gasteiger partial charge in [0.2, 0.25) is 5.28 Å². The Morgan fingerprint density at radius 1 is 1.13 bits per heavy atom. The summed E-state index contributed by atoms with van der Waals surface area (Å²) in [5, 5.41) is 12.1. The van der Waals surface area contributed by atoms with Gasteiger partial charge in [-0.2, -0.15) is 4.98 Å². The second kappa shape index (κ2) is 8.84. The molecule has 0 fully saturated rings. The summed E-state index contributed by atoms with van der Waals surface area (Å²) in [6.45, 7) is 5.16. The highest BCUT2D eigenvalue weighted by Crippen LogP contribution is 2.11. The molecule has 1 aromatic carbocycles. The number of hydrogen-bond acceptors (Lipinski definition) is 6. The van der Waals surface area contributed by atoms with Crippen molar-refractivity contribution in [2.24, 2.45) is 0 Å². The molecular formula is C20H23ClN8O2. The standard InChI is InChI=1S/C20H23ClN8O2/c1-3-8-27-17-16(22-19(21)23-17)18(30)28(20(27)31)9-5-10-29-15(24-25-26-29)12-14-7-4-6-13(2)11-14/h4,6-7,11H,3,5,8-10,12H2,1-2H3,(H,22,23). The van der Waals surface area contributed by atoms with Crippen LogP contribution in [0.5, 0.6) is 0 Å². The van der Waals surface area contributed by atoms with Crippen LogP contribution in [0.25, 0.3) is 11.2 Å². The second-order valence-corrected chi connectivity index (χ2v) is 7.81. The first kappa shape index (κ1) is 21.0. The molecule has 0 atom stereocenters. The first-order chi connectivity index (χ1) is 15.0. The summed E-state index contributed by atoms with van der Waals surface area (Å²) in [5.41, 5.74) is 2.01. The van der Waals surface area contributed by atoms with Crippen LogP contribution in [0.2, 0.25) is 5.28 Å². The average Bonchev–Trinajstić information content (AvgIpc) is 3.34. The number of H-pyrrole nitrogens is 1. The molecule has 0 aliphatic rings. The van der Waals surface area contributed by atoms with Crippen LogP contribution in [0.4, 0.5) is 0 Å². The van der Waals surface area contributed by atoms with E-state index in [2.05, 4.69) is 31.6 Å². The van der Waals surface area contributed by atoms with Crippen LogP contribution in [-0.2, 0) is 26.1 Å². The fourth-order valence-electron chi connectivity index (χ4n) is 3.67. The Labute approximate surface area is 182 Å². The van der Waals surface area contributed by atoms with Crippen LogP contribution in [0.15, 0.2) is 33.9 Å². The lowest BCUT2D eigenvalue weighted by molar-refractivity contribution is 0.477. The number of rotatable bonds is 8. The molecule has 0 aliphatic carbocycles. The number of nitrogens with one attached hydrogen (secondary N) is 1. The van der Waals surface area contributed by atoms with E-state index in [4.69, 9.17) is 11.6 Å². The van der Waals surface area contributed by atoms with Gasteiger partial charge >= 0.3 is 5.69 Å². The number of fused-ring (bicyclic) bond motifs is 1. The Morgan fingerprint density at radius 3 is 2.74 bits per heavy atom. The van der Waals surface area contributed by atoms with Crippen molar-refractivity contribution < 1.29 is 0 Å². The highest BCUT2D eigenvalue weighted by molar-refractivity contribution is 6.28. The number of halogens is 1. The van der Waals surface area contributed by atoms with Crippen LogP contribution >= 0.6 is 11.6 Å². The summed E-state index contributed by atoms with van der Waals surface area (Å²) in [6.07, 6.45) is 1.85. The number of tetrazole rings is 1. The molecule has 0 bridgehead atoms. The number of benzene rings is 1. The number of imidazole rings is 1. The molecule has 0 aliphatic heterocycles. The van der Waals surface area contributed by atoms with Gasteiger partial charge in [-0.1, -0.05) is 36.8 Å². The van der Waals surface area contributed by atoms with Crippen molar-refractivity contribution >= 4 is 22.8 Å². The van der Waals surface area contributed by atoms with Gasteiger partial charge in [0.15, 0.2) is 17.0 Å². The molecule has 3 heterocycles. The molecule has 10 nitrogen and oxygen atoms in total. The van der Waals surface area contributed by atoms with Crippen molar-refractivity contribution in [2.75, 3.05) is 0 Å². The van der Waals surface area contributed by atoms with Gasteiger partial charge in [0.05, 0.1) is 0 Å². The first-order valence-corrected chi connectivity index (χ1v) is 10.5. The number of aromatic amines is 1. The van der Waals surface area contributed by atoms with Gasteiger partial charge in [-0.3, -0.25) is 13.9 Å². The van der Waals surface area contributed by atoms with Crippen LogP contribution < -0.4 is 11.2 Å². The van der Waals surface area contributed by atoms with E-state index in [1.807, 2.05) is 32.0 Å². The summed E-state index contributed by atoms with van der Waals surface area (Å²) in [5.74, 6) is 0.733. The zero-order valence-corrected chi connectivity index (χ0v) is 18.1. The summed E-state index contributed by atoms with van der Waals surface area (Å²) in [7, 11) is 0. The van der Waals surface area contributed by atoms with Gasteiger partial charge in [0.1, 0.15) is 0 Å². The largest absolute Gasteiger partial charge is 0.332 e. The molecule has 162 valence electrons. The van der Waals surface area contributed by atoms with E-state index in [1.54, 1.807) is 4.68 Å². The van der Waals surface area contributed by atoms with E-state index in [9.17, 15) is 9.59 Å². The number of nitrogens with zero attached hydrogens (tertiary/aromatic N) is 7. The quantitative estimate of drug-likeness (QED) is 0.417. The third-order valence-corrected chi connectivity index (χ3v) is 5.26. The van der Waals surface area contributed by atoms with Gasteiger partial charge in [0, 0.05) is 26.1 Å². The van der Waals surface area contributed by atoms with Crippen molar-refractivity contribution in [1.29, 1.82) is 0 Å². The van der Waals surface area contributed by atoms with Gasteiger partial charge in [-0.15, -0.1) is 5.10 Å². The van der Waals surface area contributed by atoms with Crippen molar-refractivity contribution in [1.82, 2.24) is 39.3 Å². The second-order valence-electron chi connectivity index (χ2n) is 7.45. The van der Waals surface area contributed by atoms with E-state index < -0.39 is 5.56 Å². The predicted molar refractivity (Wildman–Crippen MR) is 116 cm³/mol. The zero-order valence-electron chi connectivity index (χ0n) is 17.4. The maximum atomic E-state index is 12.9. The molecule has 0 radical (unpaired) electrons. The van der Waals surface area contributed by atoms with Crippen molar-refractivity contribution in [2.45, 2.75) is 52.7 Å². The lowest BCUT2D eigenvalue weighted by Crippen LogP contribution is -2.40. The summed E-state index contributed by atoms with van der Waals surface area (Å²) in [4.78, 5) is 32.6. The number of hydrogen-bond donors (Lipinski definition) is 1. The molecule has 3 aromatic heterocycles. The smallest absolute Gasteiger partial charge is 0.323 e. The van der Waals surface area contributed by atoms with Crippen LogP contribution in [0, 0.1) is 6.92 Å². The normalized spacial score (nSPS) is 11.5. The number of aromatic nitrogens is 8. The Morgan fingerprint density at radius 2 is 1.97 bits per heavy atom. The molecule has 0 amide bonds. The Kier molecular flexibility index (Phi) is 5.99. The minimum Gasteiger partial charge on any atom is -0.323 e. The number of aryl methyl sites for hydroxylation is 3. The topological polar surface area (TPSA) is 116 Å².